The zero-order chi connectivity index (χ0) is 19.2. The molecular weight excluding hydrogens is 362 g/mol. The first-order valence-electron chi connectivity index (χ1n) is 8.14. The van der Waals surface area contributed by atoms with Crippen molar-refractivity contribution in [3.05, 3.63) is 23.3 Å². The van der Waals surface area contributed by atoms with E-state index in [1.165, 1.54) is 7.11 Å². The maximum absolute atomic E-state index is 13.2. The fraction of sp³-hybridized carbons (Fsp3) is 0.647. The van der Waals surface area contributed by atoms with Gasteiger partial charge in [-0.2, -0.15) is 0 Å². The lowest BCUT2D eigenvalue weighted by atomic mass is 10.1. The minimum atomic E-state index is -3.81. The van der Waals surface area contributed by atoms with Gasteiger partial charge in [0, 0.05) is 11.6 Å². The van der Waals surface area contributed by atoms with Crippen molar-refractivity contribution >= 4 is 19.7 Å². The lowest BCUT2D eigenvalue weighted by Crippen LogP contribution is -2.51. The molecule has 2 atom stereocenters. The van der Waals surface area contributed by atoms with Crippen molar-refractivity contribution in [2.45, 2.75) is 56.3 Å². The molecule has 0 spiro atoms. The van der Waals surface area contributed by atoms with Crippen LogP contribution in [0.1, 0.15) is 31.9 Å². The molecule has 6 nitrogen and oxygen atoms in total. The zero-order valence-electron chi connectivity index (χ0n) is 15.6. The van der Waals surface area contributed by atoms with Crippen LogP contribution < -0.4 is 10.1 Å². The van der Waals surface area contributed by atoms with Crippen molar-refractivity contribution in [2.75, 3.05) is 18.6 Å². The van der Waals surface area contributed by atoms with Crippen molar-refractivity contribution in [3.8, 4) is 5.75 Å². The van der Waals surface area contributed by atoms with Crippen LogP contribution in [0.5, 0.6) is 5.75 Å². The Kier molecular flexibility index (Phi) is 5.29. The monoisotopic (exact) mass is 389 g/mol. The van der Waals surface area contributed by atoms with Gasteiger partial charge in [-0.25, -0.2) is 16.8 Å². The Labute approximate surface area is 150 Å². The van der Waals surface area contributed by atoms with Gasteiger partial charge in [0.05, 0.1) is 28.8 Å². The molecule has 25 heavy (non-hydrogen) atoms. The topological polar surface area (TPSA) is 89.5 Å². The maximum atomic E-state index is 13.2. The summed E-state index contributed by atoms with van der Waals surface area (Å²) in [5.41, 5.74) is 0.873. The zero-order valence-corrected chi connectivity index (χ0v) is 17.2. The van der Waals surface area contributed by atoms with Crippen LogP contribution in [0.3, 0.4) is 0 Å². The number of aryl methyl sites for hydroxylation is 2. The van der Waals surface area contributed by atoms with Gasteiger partial charge >= 0.3 is 0 Å². The van der Waals surface area contributed by atoms with E-state index in [-0.39, 0.29) is 21.9 Å². The number of methoxy groups -OCH3 is 1. The van der Waals surface area contributed by atoms with Crippen molar-refractivity contribution in [3.63, 3.8) is 0 Å². The Bertz CT molecular complexity index is 867. The number of hydrogen-bond donors (Lipinski definition) is 1. The molecule has 1 fully saturated rings. The van der Waals surface area contributed by atoms with Gasteiger partial charge < -0.3 is 10.1 Å². The highest BCUT2D eigenvalue weighted by molar-refractivity contribution is 7.96. The molecule has 1 saturated heterocycles. The number of hydrogen-bond acceptors (Lipinski definition) is 6. The normalized spacial score (nSPS) is 23.6. The minimum Gasteiger partial charge on any atom is -0.496 e. The molecule has 1 heterocycles. The molecule has 8 heteroatoms. The average molecular weight is 390 g/mol. The number of rotatable bonds is 4. The van der Waals surface area contributed by atoms with Gasteiger partial charge in [0.15, 0.2) is 19.7 Å². The summed E-state index contributed by atoms with van der Waals surface area (Å²) < 4.78 is 56.0. The lowest BCUT2D eigenvalue weighted by Gasteiger charge is -2.29. The first-order chi connectivity index (χ1) is 11.3. The standard InChI is InChI=1S/C17H27NO5S2/c1-11-8-15(12(2)7-14(11)23-6)25(21,22)16-10-24(19,20)9-13(16)18-17(3,4)5/h7-8,13,16,18H,9-10H2,1-6H3/t13-,16-/m0/s1. The van der Waals surface area contributed by atoms with E-state index in [9.17, 15) is 16.8 Å². The van der Waals surface area contributed by atoms with E-state index in [1.807, 2.05) is 20.8 Å². The van der Waals surface area contributed by atoms with E-state index >= 15 is 0 Å². The highest BCUT2D eigenvalue weighted by Gasteiger charge is 2.47. The summed E-state index contributed by atoms with van der Waals surface area (Å²) in [6.07, 6.45) is 0. The fourth-order valence-corrected chi connectivity index (χ4v) is 8.23. The summed E-state index contributed by atoms with van der Waals surface area (Å²) in [4.78, 5) is 0.175. The molecule has 1 N–H and O–H groups in total. The predicted octanol–water partition coefficient (Wildman–Crippen LogP) is 1.64. The third kappa shape index (κ3) is 4.35. The third-order valence-corrected chi connectivity index (χ3v) is 8.61. The second kappa shape index (κ2) is 6.55. The lowest BCUT2D eigenvalue weighted by molar-refractivity contribution is 0.374. The molecule has 0 unspecified atom stereocenters. The van der Waals surface area contributed by atoms with Gasteiger partial charge in [0.25, 0.3) is 0 Å². The molecule has 1 aliphatic rings. The van der Waals surface area contributed by atoms with Crippen LogP contribution in [0.4, 0.5) is 0 Å². The third-order valence-electron chi connectivity index (χ3n) is 4.32. The van der Waals surface area contributed by atoms with Gasteiger partial charge in [-0.3, -0.25) is 0 Å². The van der Waals surface area contributed by atoms with Crippen LogP contribution >= 0.6 is 0 Å². The van der Waals surface area contributed by atoms with E-state index in [0.29, 0.717) is 16.9 Å². The predicted molar refractivity (Wildman–Crippen MR) is 98.8 cm³/mol. The number of ether oxygens (including phenoxy) is 1. The molecule has 1 aliphatic heterocycles. The molecule has 0 aliphatic carbocycles. The van der Waals surface area contributed by atoms with Crippen LogP contribution in [0.15, 0.2) is 17.0 Å². The Balaban J connectivity index is 2.52. The van der Waals surface area contributed by atoms with Crippen molar-refractivity contribution in [1.29, 1.82) is 0 Å². The quantitative estimate of drug-likeness (QED) is 0.842. The van der Waals surface area contributed by atoms with Gasteiger partial charge in [0.2, 0.25) is 0 Å². The van der Waals surface area contributed by atoms with E-state index in [0.717, 1.165) is 0 Å². The minimum absolute atomic E-state index is 0.164. The molecule has 0 bridgehead atoms. The maximum Gasteiger partial charge on any atom is 0.184 e. The molecule has 0 saturated carbocycles. The fourth-order valence-electron chi connectivity index (χ4n) is 3.26. The van der Waals surface area contributed by atoms with Gasteiger partial charge in [-0.15, -0.1) is 0 Å². The number of nitrogens with one attached hydrogen (secondary N) is 1. The molecule has 0 aromatic heterocycles. The van der Waals surface area contributed by atoms with Crippen LogP contribution in [-0.2, 0) is 19.7 Å². The Morgan fingerprint density at radius 1 is 1.12 bits per heavy atom. The molecule has 142 valence electrons. The summed E-state index contributed by atoms with van der Waals surface area (Å²) in [7, 11) is -5.69. The van der Waals surface area contributed by atoms with Gasteiger partial charge in [-0.1, -0.05) is 0 Å². The summed E-state index contributed by atoms with van der Waals surface area (Å²) in [6.45, 7) is 9.15. The Morgan fingerprint density at radius 3 is 2.24 bits per heavy atom. The number of sulfone groups is 2. The Hall–Kier alpha value is -1.12. The first kappa shape index (κ1) is 20.2. The van der Waals surface area contributed by atoms with Crippen LogP contribution in [0.25, 0.3) is 0 Å². The number of benzene rings is 1. The molecule has 0 amide bonds. The summed E-state index contributed by atoms with van der Waals surface area (Å²) in [6, 6.07) is 2.62. The summed E-state index contributed by atoms with van der Waals surface area (Å²) >= 11 is 0. The highest BCUT2D eigenvalue weighted by atomic mass is 32.2. The molecule has 1 aromatic rings. The van der Waals surface area contributed by atoms with Crippen molar-refractivity contribution < 1.29 is 21.6 Å². The van der Waals surface area contributed by atoms with E-state index in [2.05, 4.69) is 5.32 Å². The second-order valence-corrected chi connectivity index (χ2v) is 12.0. The van der Waals surface area contributed by atoms with Crippen molar-refractivity contribution in [2.24, 2.45) is 0 Å². The van der Waals surface area contributed by atoms with Crippen molar-refractivity contribution in [1.82, 2.24) is 5.32 Å². The van der Waals surface area contributed by atoms with Gasteiger partial charge in [0.1, 0.15) is 5.75 Å². The molecular formula is C17H27NO5S2. The van der Waals surface area contributed by atoms with E-state index in [1.54, 1.807) is 26.0 Å². The van der Waals surface area contributed by atoms with E-state index in [4.69, 9.17) is 4.74 Å². The van der Waals surface area contributed by atoms with Gasteiger partial charge in [-0.05, 0) is 57.9 Å². The highest BCUT2D eigenvalue weighted by Crippen LogP contribution is 2.32. The molecule has 0 radical (unpaired) electrons. The second-order valence-electron chi connectivity index (χ2n) is 7.75. The molecule has 2 rings (SSSR count). The van der Waals surface area contributed by atoms with Crippen LogP contribution in [-0.4, -0.2) is 52.3 Å². The van der Waals surface area contributed by atoms with Crippen LogP contribution in [0.2, 0.25) is 0 Å². The summed E-state index contributed by atoms with van der Waals surface area (Å²) in [5, 5.41) is 2.18. The Morgan fingerprint density at radius 2 is 1.72 bits per heavy atom. The average Bonchev–Trinajstić information content (AvgIpc) is 2.74. The van der Waals surface area contributed by atoms with E-state index < -0.39 is 31.0 Å². The van der Waals surface area contributed by atoms with Crippen LogP contribution in [0, 0.1) is 13.8 Å². The summed E-state index contributed by atoms with van der Waals surface area (Å²) in [5.74, 6) is 0.0931. The largest absolute Gasteiger partial charge is 0.496 e. The SMILES string of the molecule is COc1cc(C)c(S(=O)(=O)[C@H]2CS(=O)(=O)C[C@@H]2NC(C)(C)C)cc1C. The molecule has 1 aromatic carbocycles. The smallest absolute Gasteiger partial charge is 0.184 e. The first-order valence-corrected chi connectivity index (χ1v) is 11.5.